The number of para-hydroxylation sites is 1. The van der Waals surface area contributed by atoms with Crippen LogP contribution in [-0.2, 0) is 17.5 Å². The third kappa shape index (κ3) is 4.04. The highest BCUT2D eigenvalue weighted by atomic mass is 19.4. The monoisotopic (exact) mass is 363 g/mol. The molecule has 1 heterocycles. The lowest BCUT2D eigenvalue weighted by Gasteiger charge is -2.16. The second kappa shape index (κ2) is 7.19. The van der Waals surface area contributed by atoms with Crippen LogP contribution in [0.25, 0.3) is 0 Å². The Hall–Kier alpha value is -2.83. The molecule has 0 unspecified atom stereocenters. The summed E-state index contributed by atoms with van der Waals surface area (Å²) in [6.07, 6.45) is -3.31. The van der Waals surface area contributed by atoms with Gasteiger partial charge < -0.3 is 9.64 Å². The summed E-state index contributed by atoms with van der Waals surface area (Å²) in [5.41, 5.74) is -0.155. The molecule has 3 rings (SSSR count). The lowest BCUT2D eigenvalue weighted by atomic mass is 10.1. The number of nitrogens with zero attached hydrogens (tertiary/aromatic N) is 1. The molecule has 1 fully saturated rings. The Bertz CT molecular complexity index is 833. The topological polar surface area (TPSA) is 46.6 Å². The molecule has 136 valence electrons. The van der Waals surface area contributed by atoms with Crippen molar-refractivity contribution in [2.24, 2.45) is 0 Å². The second-order valence-electron chi connectivity index (χ2n) is 6.00. The number of esters is 1. The Kier molecular flexibility index (Phi) is 4.97. The minimum absolute atomic E-state index is 0.0529. The van der Waals surface area contributed by atoms with Gasteiger partial charge in [0.2, 0.25) is 5.91 Å². The molecule has 1 aliphatic rings. The van der Waals surface area contributed by atoms with Gasteiger partial charge >= 0.3 is 12.1 Å². The minimum Gasteiger partial charge on any atom is -0.422 e. The van der Waals surface area contributed by atoms with Gasteiger partial charge in [-0.2, -0.15) is 13.2 Å². The van der Waals surface area contributed by atoms with Crippen LogP contribution in [0.4, 0.5) is 13.2 Å². The average Bonchev–Trinajstić information content (AvgIpc) is 2.99. The smallest absolute Gasteiger partial charge is 0.419 e. The van der Waals surface area contributed by atoms with E-state index in [4.69, 9.17) is 4.74 Å². The van der Waals surface area contributed by atoms with Crippen LogP contribution in [0.1, 0.15) is 34.3 Å². The van der Waals surface area contributed by atoms with E-state index >= 15 is 0 Å². The predicted octanol–water partition coefficient (Wildman–Crippen LogP) is 4.05. The molecule has 1 amide bonds. The third-order valence-corrected chi connectivity index (χ3v) is 4.10. The zero-order valence-electron chi connectivity index (χ0n) is 13.8. The third-order valence-electron chi connectivity index (χ3n) is 4.10. The highest BCUT2D eigenvalue weighted by molar-refractivity contribution is 5.91. The first-order chi connectivity index (χ1) is 12.3. The Morgan fingerprint density at radius 2 is 1.88 bits per heavy atom. The van der Waals surface area contributed by atoms with Crippen LogP contribution in [0, 0.1) is 0 Å². The zero-order chi connectivity index (χ0) is 18.7. The highest BCUT2D eigenvalue weighted by Crippen LogP contribution is 2.36. The van der Waals surface area contributed by atoms with Crippen molar-refractivity contribution >= 4 is 11.9 Å². The van der Waals surface area contributed by atoms with Crippen LogP contribution in [0.2, 0.25) is 0 Å². The molecule has 1 aliphatic heterocycles. The van der Waals surface area contributed by atoms with Gasteiger partial charge in [0.05, 0.1) is 11.1 Å². The normalized spacial score (nSPS) is 14.6. The minimum atomic E-state index is -4.62. The van der Waals surface area contributed by atoms with E-state index < -0.39 is 23.5 Å². The van der Waals surface area contributed by atoms with Crippen molar-refractivity contribution < 1.29 is 27.5 Å². The molecule has 4 nitrogen and oxygen atoms in total. The largest absolute Gasteiger partial charge is 0.422 e. The maximum Gasteiger partial charge on any atom is 0.419 e. The summed E-state index contributed by atoms with van der Waals surface area (Å²) < 4.78 is 44.0. The Labute approximate surface area is 148 Å². The van der Waals surface area contributed by atoms with E-state index in [1.54, 1.807) is 17.0 Å². The van der Waals surface area contributed by atoms with Crippen LogP contribution in [-0.4, -0.2) is 23.3 Å². The number of benzene rings is 2. The van der Waals surface area contributed by atoms with Gasteiger partial charge in [-0.3, -0.25) is 4.79 Å². The van der Waals surface area contributed by atoms with E-state index in [1.807, 2.05) is 0 Å². The molecule has 2 aromatic rings. The number of likely N-dealkylation sites (tertiary alicyclic amines) is 1. The number of carbonyl (C=O) groups excluding carboxylic acids is 2. The number of halogens is 3. The molecule has 0 N–H and O–H groups in total. The fourth-order valence-electron chi connectivity index (χ4n) is 2.84. The van der Waals surface area contributed by atoms with Gasteiger partial charge in [-0.15, -0.1) is 0 Å². The molecule has 0 aromatic heterocycles. The summed E-state index contributed by atoms with van der Waals surface area (Å²) in [7, 11) is 0. The summed E-state index contributed by atoms with van der Waals surface area (Å²) in [4.78, 5) is 25.7. The first kappa shape index (κ1) is 18.0. The molecule has 0 spiro atoms. The number of hydrogen-bond acceptors (Lipinski definition) is 3. The van der Waals surface area contributed by atoms with Crippen molar-refractivity contribution in [3.8, 4) is 5.75 Å². The molecule has 0 radical (unpaired) electrons. The Morgan fingerprint density at radius 3 is 2.58 bits per heavy atom. The van der Waals surface area contributed by atoms with Crippen molar-refractivity contribution in [1.29, 1.82) is 0 Å². The van der Waals surface area contributed by atoms with Gasteiger partial charge in [0.1, 0.15) is 5.75 Å². The standard InChI is InChI=1S/C19H16F3NO3/c20-19(21,22)15-7-1-2-8-16(15)26-18(25)14-6-3-5-13(11-14)12-23-10-4-9-17(23)24/h1-3,5-8,11H,4,9-10,12H2. The number of alkyl halides is 3. The van der Waals surface area contributed by atoms with Crippen molar-refractivity contribution in [3.63, 3.8) is 0 Å². The number of hydrogen-bond donors (Lipinski definition) is 0. The summed E-state index contributed by atoms with van der Waals surface area (Å²) in [6.45, 7) is 1.02. The number of amides is 1. The summed E-state index contributed by atoms with van der Waals surface area (Å²) in [5, 5.41) is 0. The van der Waals surface area contributed by atoms with Gasteiger partial charge in [-0.1, -0.05) is 24.3 Å². The molecular formula is C19H16F3NO3. The number of rotatable bonds is 4. The molecule has 0 bridgehead atoms. The van der Waals surface area contributed by atoms with E-state index in [0.717, 1.165) is 24.1 Å². The average molecular weight is 363 g/mol. The van der Waals surface area contributed by atoms with E-state index in [0.29, 0.717) is 19.5 Å². The van der Waals surface area contributed by atoms with Crippen molar-refractivity contribution in [1.82, 2.24) is 4.90 Å². The van der Waals surface area contributed by atoms with E-state index in [9.17, 15) is 22.8 Å². The van der Waals surface area contributed by atoms with Crippen molar-refractivity contribution in [2.45, 2.75) is 25.6 Å². The maximum atomic E-state index is 13.0. The summed E-state index contributed by atoms with van der Waals surface area (Å²) >= 11 is 0. The van der Waals surface area contributed by atoms with Crippen LogP contribution in [0.5, 0.6) is 5.75 Å². The first-order valence-electron chi connectivity index (χ1n) is 8.10. The number of ether oxygens (including phenoxy) is 1. The molecule has 1 saturated heterocycles. The van der Waals surface area contributed by atoms with E-state index in [1.165, 1.54) is 24.3 Å². The second-order valence-corrected chi connectivity index (χ2v) is 6.00. The lowest BCUT2D eigenvalue weighted by Crippen LogP contribution is -2.24. The van der Waals surface area contributed by atoms with E-state index in [-0.39, 0.29) is 11.5 Å². The molecule has 0 atom stereocenters. The molecule has 26 heavy (non-hydrogen) atoms. The van der Waals surface area contributed by atoms with Gasteiger partial charge in [-0.05, 0) is 36.2 Å². The SMILES string of the molecule is O=C(Oc1ccccc1C(F)(F)F)c1cccc(CN2CCCC2=O)c1. The van der Waals surface area contributed by atoms with Gasteiger partial charge in [0.15, 0.2) is 0 Å². The molecule has 0 aliphatic carbocycles. The Balaban J connectivity index is 1.77. The molecular weight excluding hydrogens is 347 g/mol. The fourth-order valence-corrected chi connectivity index (χ4v) is 2.84. The summed E-state index contributed by atoms with van der Waals surface area (Å²) in [5.74, 6) is -1.36. The van der Waals surface area contributed by atoms with Gasteiger partial charge in [0.25, 0.3) is 0 Å². The van der Waals surface area contributed by atoms with Crippen molar-refractivity contribution in [3.05, 3.63) is 65.2 Å². The van der Waals surface area contributed by atoms with Crippen LogP contribution < -0.4 is 4.74 Å². The van der Waals surface area contributed by atoms with E-state index in [2.05, 4.69) is 0 Å². The van der Waals surface area contributed by atoms with Crippen LogP contribution in [0.3, 0.4) is 0 Å². The Morgan fingerprint density at radius 1 is 1.12 bits per heavy atom. The number of carbonyl (C=O) groups is 2. The lowest BCUT2D eigenvalue weighted by molar-refractivity contribution is -0.138. The fraction of sp³-hybridized carbons (Fsp3) is 0.263. The quantitative estimate of drug-likeness (QED) is 0.608. The molecule has 2 aromatic carbocycles. The first-order valence-corrected chi connectivity index (χ1v) is 8.10. The van der Waals surface area contributed by atoms with Gasteiger partial charge in [-0.25, -0.2) is 4.79 Å². The van der Waals surface area contributed by atoms with Crippen molar-refractivity contribution in [2.75, 3.05) is 6.54 Å². The highest BCUT2D eigenvalue weighted by Gasteiger charge is 2.34. The van der Waals surface area contributed by atoms with Crippen LogP contribution in [0.15, 0.2) is 48.5 Å². The molecule has 0 saturated carbocycles. The maximum absolute atomic E-state index is 13.0. The van der Waals surface area contributed by atoms with Gasteiger partial charge in [0, 0.05) is 19.5 Å². The predicted molar refractivity (Wildman–Crippen MR) is 87.5 cm³/mol. The summed E-state index contributed by atoms with van der Waals surface area (Å²) in [6, 6.07) is 10.9. The van der Waals surface area contributed by atoms with Crippen LogP contribution >= 0.6 is 0 Å². The zero-order valence-corrected chi connectivity index (χ0v) is 13.8. The molecule has 7 heteroatoms.